The number of nitrogens with one attached hydrogen (secondary N) is 1. The number of nitrogens with zero attached hydrogens (tertiary/aromatic N) is 2. The maximum absolute atomic E-state index is 12.3. The van der Waals surface area contributed by atoms with Gasteiger partial charge in [-0.1, -0.05) is 6.07 Å². The van der Waals surface area contributed by atoms with E-state index in [2.05, 4.69) is 26.1 Å². The Balaban J connectivity index is 1.38. The van der Waals surface area contributed by atoms with Gasteiger partial charge in [0.15, 0.2) is 10.4 Å². The fraction of sp³-hybridized carbons (Fsp3) is 0.375. The summed E-state index contributed by atoms with van der Waals surface area (Å²) in [5.41, 5.74) is 0. The first-order valence-electron chi connectivity index (χ1n) is 7.72. The molecule has 1 aliphatic rings. The first-order valence-corrected chi connectivity index (χ1v) is 9.39. The highest BCUT2D eigenvalue weighted by Crippen LogP contribution is 2.14. The predicted octanol–water partition coefficient (Wildman–Crippen LogP) is 2.29. The van der Waals surface area contributed by atoms with Crippen molar-refractivity contribution in [3.05, 3.63) is 45.0 Å². The van der Waals surface area contributed by atoms with Crippen molar-refractivity contribution in [1.29, 1.82) is 0 Å². The van der Waals surface area contributed by atoms with Crippen LogP contribution in [0.2, 0.25) is 0 Å². The molecule has 1 fully saturated rings. The lowest BCUT2D eigenvalue weighted by Gasteiger charge is -2.34. The van der Waals surface area contributed by atoms with Gasteiger partial charge >= 0.3 is 0 Å². The number of carbonyl (C=O) groups excluding carboxylic acids is 2. The van der Waals surface area contributed by atoms with E-state index in [1.54, 1.807) is 12.1 Å². The second kappa shape index (κ2) is 7.96. The fourth-order valence-corrected chi connectivity index (χ4v) is 3.58. The van der Waals surface area contributed by atoms with Gasteiger partial charge in [0, 0.05) is 39.3 Å². The normalized spacial score (nSPS) is 15.5. The molecule has 24 heavy (non-hydrogen) atoms. The van der Waals surface area contributed by atoms with Gasteiger partial charge in [0.05, 0.1) is 4.88 Å². The van der Waals surface area contributed by atoms with E-state index in [1.165, 1.54) is 11.3 Å². The van der Waals surface area contributed by atoms with Crippen LogP contribution in [0.4, 0.5) is 0 Å². The molecule has 1 saturated heterocycles. The van der Waals surface area contributed by atoms with Crippen molar-refractivity contribution in [1.82, 2.24) is 15.1 Å². The summed E-state index contributed by atoms with van der Waals surface area (Å²) in [6.45, 7) is 4.38. The van der Waals surface area contributed by atoms with Gasteiger partial charge in [-0.3, -0.25) is 14.5 Å². The first kappa shape index (κ1) is 17.2. The summed E-state index contributed by atoms with van der Waals surface area (Å²) < 4.78 is 5.75. The van der Waals surface area contributed by atoms with Crippen molar-refractivity contribution < 1.29 is 14.0 Å². The standard InChI is InChI=1S/C16H18BrN3O3S/c17-14-4-3-12(23-14)15(21)18-5-6-19-7-9-20(10-8-19)16(22)13-2-1-11-24-13/h1-4,11H,5-10H2,(H,18,21). The van der Waals surface area contributed by atoms with Crippen LogP contribution in [0.3, 0.4) is 0 Å². The minimum atomic E-state index is -0.216. The summed E-state index contributed by atoms with van der Waals surface area (Å²) in [7, 11) is 0. The van der Waals surface area contributed by atoms with E-state index in [4.69, 9.17) is 4.42 Å². The van der Waals surface area contributed by atoms with Gasteiger partial charge in [0.2, 0.25) is 0 Å². The number of hydrogen-bond acceptors (Lipinski definition) is 5. The molecule has 2 aromatic rings. The van der Waals surface area contributed by atoms with Crippen LogP contribution in [0.15, 0.2) is 38.7 Å². The summed E-state index contributed by atoms with van der Waals surface area (Å²) in [5, 5.41) is 4.76. The number of thiophene rings is 1. The van der Waals surface area contributed by atoms with Gasteiger partial charge in [-0.2, -0.15) is 0 Å². The summed E-state index contributed by atoms with van der Waals surface area (Å²) in [6, 6.07) is 7.09. The molecule has 128 valence electrons. The molecule has 2 aromatic heterocycles. The third-order valence-electron chi connectivity index (χ3n) is 3.90. The van der Waals surface area contributed by atoms with E-state index in [1.807, 2.05) is 22.4 Å². The number of amides is 2. The molecule has 0 atom stereocenters. The molecule has 1 aliphatic heterocycles. The minimum Gasteiger partial charge on any atom is -0.444 e. The van der Waals surface area contributed by atoms with Gasteiger partial charge in [-0.25, -0.2) is 0 Å². The maximum atomic E-state index is 12.3. The molecule has 0 unspecified atom stereocenters. The lowest BCUT2D eigenvalue weighted by atomic mass is 10.3. The zero-order valence-electron chi connectivity index (χ0n) is 13.0. The Kier molecular flexibility index (Phi) is 5.70. The molecule has 0 radical (unpaired) electrons. The number of carbonyl (C=O) groups is 2. The zero-order valence-corrected chi connectivity index (χ0v) is 15.4. The highest BCUT2D eigenvalue weighted by atomic mass is 79.9. The molecule has 0 saturated carbocycles. The number of furan rings is 1. The quantitative estimate of drug-likeness (QED) is 0.819. The van der Waals surface area contributed by atoms with Gasteiger partial charge < -0.3 is 14.6 Å². The molecular weight excluding hydrogens is 394 g/mol. The fourth-order valence-electron chi connectivity index (χ4n) is 2.58. The Morgan fingerprint density at radius 1 is 1.21 bits per heavy atom. The second-order valence-electron chi connectivity index (χ2n) is 5.47. The maximum Gasteiger partial charge on any atom is 0.287 e. The topological polar surface area (TPSA) is 65.8 Å². The van der Waals surface area contributed by atoms with Gasteiger partial charge in [-0.15, -0.1) is 11.3 Å². The van der Waals surface area contributed by atoms with E-state index < -0.39 is 0 Å². The van der Waals surface area contributed by atoms with Gasteiger partial charge in [0.25, 0.3) is 11.8 Å². The highest BCUT2D eigenvalue weighted by molar-refractivity contribution is 9.10. The smallest absolute Gasteiger partial charge is 0.287 e. The lowest BCUT2D eigenvalue weighted by Crippen LogP contribution is -2.50. The molecule has 3 heterocycles. The molecular formula is C16H18BrN3O3S. The molecule has 3 rings (SSSR count). The van der Waals surface area contributed by atoms with E-state index in [0.29, 0.717) is 17.0 Å². The molecule has 8 heteroatoms. The van der Waals surface area contributed by atoms with Crippen molar-refractivity contribution in [3.8, 4) is 0 Å². The van der Waals surface area contributed by atoms with Gasteiger partial charge in [-0.05, 0) is 39.5 Å². The lowest BCUT2D eigenvalue weighted by molar-refractivity contribution is 0.0642. The minimum absolute atomic E-state index is 0.112. The SMILES string of the molecule is O=C(NCCN1CCN(C(=O)c2cccs2)CC1)c1ccc(Br)o1. The van der Waals surface area contributed by atoms with Crippen LogP contribution < -0.4 is 5.32 Å². The summed E-state index contributed by atoms with van der Waals surface area (Å²) >= 11 is 4.65. The monoisotopic (exact) mass is 411 g/mol. The molecule has 2 amide bonds. The van der Waals surface area contributed by atoms with Crippen LogP contribution in [0.25, 0.3) is 0 Å². The van der Waals surface area contributed by atoms with E-state index in [-0.39, 0.29) is 11.8 Å². The van der Waals surface area contributed by atoms with Crippen LogP contribution in [0, 0.1) is 0 Å². The van der Waals surface area contributed by atoms with Crippen molar-refractivity contribution in [2.45, 2.75) is 0 Å². The number of hydrogen-bond donors (Lipinski definition) is 1. The molecule has 0 spiro atoms. The summed E-state index contributed by atoms with van der Waals surface area (Å²) in [5.74, 6) is 0.196. The van der Waals surface area contributed by atoms with Crippen LogP contribution in [-0.4, -0.2) is 60.9 Å². The predicted molar refractivity (Wildman–Crippen MR) is 95.4 cm³/mol. The van der Waals surface area contributed by atoms with Crippen molar-refractivity contribution >= 4 is 39.1 Å². The molecule has 0 aromatic carbocycles. The summed E-state index contributed by atoms with van der Waals surface area (Å²) in [4.78, 5) is 29.1. The highest BCUT2D eigenvalue weighted by Gasteiger charge is 2.22. The molecule has 0 aliphatic carbocycles. The van der Waals surface area contributed by atoms with E-state index >= 15 is 0 Å². The van der Waals surface area contributed by atoms with E-state index in [9.17, 15) is 9.59 Å². The third kappa shape index (κ3) is 4.25. The average molecular weight is 412 g/mol. The number of rotatable bonds is 5. The van der Waals surface area contributed by atoms with Crippen LogP contribution in [0.5, 0.6) is 0 Å². The molecule has 0 bridgehead atoms. The molecule has 1 N–H and O–H groups in total. The van der Waals surface area contributed by atoms with E-state index in [0.717, 1.165) is 37.6 Å². The van der Waals surface area contributed by atoms with Crippen LogP contribution >= 0.6 is 27.3 Å². The van der Waals surface area contributed by atoms with Crippen LogP contribution in [0.1, 0.15) is 20.2 Å². The number of halogens is 1. The Morgan fingerprint density at radius 3 is 2.62 bits per heavy atom. The van der Waals surface area contributed by atoms with Crippen molar-refractivity contribution in [2.24, 2.45) is 0 Å². The van der Waals surface area contributed by atoms with Crippen molar-refractivity contribution in [3.63, 3.8) is 0 Å². The largest absolute Gasteiger partial charge is 0.444 e. The van der Waals surface area contributed by atoms with Crippen LogP contribution in [-0.2, 0) is 0 Å². The summed E-state index contributed by atoms with van der Waals surface area (Å²) in [6.07, 6.45) is 0. The Bertz CT molecular complexity index is 693. The molecule has 6 nitrogen and oxygen atoms in total. The average Bonchev–Trinajstić information content (AvgIpc) is 3.26. The van der Waals surface area contributed by atoms with Gasteiger partial charge in [0.1, 0.15) is 0 Å². The first-order chi connectivity index (χ1) is 11.6. The Morgan fingerprint density at radius 2 is 2.00 bits per heavy atom. The second-order valence-corrected chi connectivity index (χ2v) is 7.20. The zero-order chi connectivity index (χ0) is 16.9. The Labute approximate surface area is 152 Å². The van der Waals surface area contributed by atoms with Crippen molar-refractivity contribution in [2.75, 3.05) is 39.3 Å². The Hall–Kier alpha value is -1.64. The number of piperazine rings is 1. The third-order valence-corrected chi connectivity index (χ3v) is 5.19.